The van der Waals surface area contributed by atoms with Gasteiger partial charge in [-0.15, -0.1) is 12.4 Å². The maximum Gasteiger partial charge on any atom is 0.243 e. The number of halogens is 1. The third kappa shape index (κ3) is 3.03. The minimum absolute atomic E-state index is 0. The Balaban J connectivity index is 0.00000176. The molecule has 1 unspecified atom stereocenters. The van der Waals surface area contributed by atoms with E-state index >= 15 is 0 Å². The summed E-state index contributed by atoms with van der Waals surface area (Å²) in [5, 5.41) is 0. The summed E-state index contributed by atoms with van der Waals surface area (Å²) in [6.45, 7) is 3.47. The summed E-state index contributed by atoms with van der Waals surface area (Å²) in [5.41, 5.74) is 6.37. The smallest absolute Gasteiger partial charge is 0.243 e. The number of sulfonamides is 1. The third-order valence-corrected chi connectivity index (χ3v) is 6.11. The number of hydrogen-bond donors (Lipinski definition) is 1. The SMILES string of the molecule is Cc1cc2c(cc1S(=O)(=O)N1CCCC(CN)C1)OCO2.Cl. The van der Waals surface area contributed by atoms with Crippen molar-refractivity contribution in [3.05, 3.63) is 17.7 Å². The fraction of sp³-hybridized carbons (Fsp3) is 0.571. The number of hydrogen-bond acceptors (Lipinski definition) is 5. The average Bonchev–Trinajstić information content (AvgIpc) is 2.93. The zero-order valence-electron chi connectivity index (χ0n) is 12.4. The Morgan fingerprint density at radius 2 is 2.00 bits per heavy atom. The second-order valence-electron chi connectivity index (χ2n) is 5.58. The first kappa shape index (κ1) is 17.3. The maximum atomic E-state index is 12.9. The van der Waals surface area contributed by atoms with E-state index in [9.17, 15) is 8.42 Å². The van der Waals surface area contributed by atoms with E-state index in [0.717, 1.165) is 12.8 Å². The van der Waals surface area contributed by atoms with Gasteiger partial charge in [0, 0.05) is 19.2 Å². The lowest BCUT2D eigenvalue weighted by Gasteiger charge is -2.31. The minimum atomic E-state index is -3.52. The van der Waals surface area contributed by atoms with Crippen molar-refractivity contribution >= 4 is 22.4 Å². The van der Waals surface area contributed by atoms with E-state index in [4.69, 9.17) is 15.2 Å². The van der Waals surface area contributed by atoms with Crippen LogP contribution < -0.4 is 15.2 Å². The lowest BCUT2D eigenvalue weighted by molar-refractivity contribution is 0.174. The molecule has 0 amide bonds. The molecular weight excluding hydrogens is 328 g/mol. The molecule has 124 valence electrons. The summed E-state index contributed by atoms with van der Waals surface area (Å²) in [5.74, 6) is 1.33. The number of rotatable bonds is 3. The Morgan fingerprint density at radius 3 is 2.68 bits per heavy atom. The van der Waals surface area contributed by atoms with E-state index in [0.29, 0.717) is 41.6 Å². The molecule has 1 fully saturated rings. The van der Waals surface area contributed by atoms with Crippen LogP contribution in [0.4, 0.5) is 0 Å². The van der Waals surface area contributed by atoms with Crippen LogP contribution in [0.2, 0.25) is 0 Å². The van der Waals surface area contributed by atoms with Crippen LogP contribution in [0.15, 0.2) is 17.0 Å². The molecule has 0 saturated carbocycles. The second kappa shape index (κ2) is 6.62. The molecule has 1 aromatic carbocycles. The van der Waals surface area contributed by atoms with Crippen molar-refractivity contribution in [1.82, 2.24) is 4.31 Å². The molecule has 0 radical (unpaired) electrons. The molecule has 2 N–H and O–H groups in total. The largest absolute Gasteiger partial charge is 0.454 e. The van der Waals surface area contributed by atoms with Crippen molar-refractivity contribution in [2.45, 2.75) is 24.7 Å². The van der Waals surface area contributed by atoms with Gasteiger partial charge >= 0.3 is 0 Å². The predicted octanol–water partition coefficient (Wildman–Crippen LogP) is 1.50. The molecule has 1 saturated heterocycles. The van der Waals surface area contributed by atoms with E-state index in [1.54, 1.807) is 23.4 Å². The first-order chi connectivity index (χ1) is 10.0. The van der Waals surface area contributed by atoms with Gasteiger partial charge in [-0.3, -0.25) is 0 Å². The number of benzene rings is 1. The van der Waals surface area contributed by atoms with Crippen molar-refractivity contribution < 1.29 is 17.9 Å². The van der Waals surface area contributed by atoms with Gasteiger partial charge in [0.05, 0.1) is 4.90 Å². The van der Waals surface area contributed by atoms with Crippen LogP contribution in [0.3, 0.4) is 0 Å². The molecule has 2 aliphatic rings. The fourth-order valence-corrected chi connectivity index (χ4v) is 4.66. The van der Waals surface area contributed by atoms with Crippen LogP contribution >= 0.6 is 12.4 Å². The minimum Gasteiger partial charge on any atom is -0.454 e. The third-order valence-electron chi connectivity index (χ3n) is 4.10. The number of piperidine rings is 1. The van der Waals surface area contributed by atoms with E-state index in [1.165, 1.54) is 0 Å². The average molecular weight is 349 g/mol. The van der Waals surface area contributed by atoms with E-state index in [2.05, 4.69) is 0 Å². The van der Waals surface area contributed by atoms with Crippen molar-refractivity contribution in [3.63, 3.8) is 0 Å². The van der Waals surface area contributed by atoms with Gasteiger partial charge in [-0.05, 0) is 43.9 Å². The molecule has 8 heteroatoms. The number of ether oxygens (including phenoxy) is 2. The van der Waals surface area contributed by atoms with E-state index < -0.39 is 10.0 Å². The molecule has 0 bridgehead atoms. The lowest BCUT2D eigenvalue weighted by atomic mass is 10.0. The van der Waals surface area contributed by atoms with Crippen molar-refractivity contribution in [1.29, 1.82) is 0 Å². The summed E-state index contributed by atoms with van der Waals surface area (Å²) in [4.78, 5) is 0.296. The highest BCUT2D eigenvalue weighted by Crippen LogP contribution is 2.37. The molecular formula is C14H21ClN2O4S. The molecule has 2 aliphatic heterocycles. The van der Waals surface area contributed by atoms with Gasteiger partial charge in [-0.1, -0.05) is 0 Å². The molecule has 0 aliphatic carbocycles. The van der Waals surface area contributed by atoms with Crippen LogP contribution in [-0.4, -0.2) is 39.2 Å². The standard InChI is InChI=1S/C14H20N2O4S.ClH/c1-10-5-12-13(20-9-19-12)6-14(10)21(17,18)16-4-2-3-11(7-15)8-16;/h5-6,11H,2-4,7-9,15H2,1H3;1H. The van der Waals surface area contributed by atoms with Crippen molar-refractivity contribution in [2.75, 3.05) is 26.4 Å². The Bertz CT molecular complexity index is 650. The highest BCUT2D eigenvalue weighted by atomic mass is 35.5. The zero-order chi connectivity index (χ0) is 15.0. The zero-order valence-corrected chi connectivity index (χ0v) is 14.1. The van der Waals surface area contributed by atoms with Gasteiger partial charge in [-0.2, -0.15) is 4.31 Å². The Kier molecular flexibility index (Phi) is 5.21. The molecule has 0 aromatic heterocycles. The monoisotopic (exact) mass is 348 g/mol. The fourth-order valence-electron chi connectivity index (χ4n) is 2.88. The molecule has 0 spiro atoms. The number of fused-ring (bicyclic) bond motifs is 1. The highest BCUT2D eigenvalue weighted by molar-refractivity contribution is 7.89. The first-order valence-electron chi connectivity index (χ1n) is 7.13. The molecule has 1 atom stereocenters. The quantitative estimate of drug-likeness (QED) is 0.895. The second-order valence-corrected chi connectivity index (χ2v) is 7.48. The van der Waals surface area contributed by atoms with Crippen LogP contribution in [0.25, 0.3) is 0 Å². The van der Waals surface area contributed by atoms with E-state index in [1.807, 2.05) is 0 Å². The summed E-state index contributed by atoms with van der Waals surface area (Å²) < 4.78 is 37.8. The van der Waals surface area contributed by atoms with Crippen LogP contribution in [-0.2, 0) is 10.0 Å². The van der Waals surface area contributed by atoms with Crippen molar-refractivity contribution in [3.8, 4) is 11.5 Å². The summed E-state index contributed by atoms with van der Waals surface area (Å²) in [7, 11) is -3.52. The molecule has 2 heterocycles. The normalized spacial score (nSPS) is 21.5. The Labute approximate surface area is 137 Å². The van der Waals surface area contributed by atoms with Crippen LogP contribution in [0, 0.1) is 12.8 Å². The predicted molar refractivity (Wildman–Crippen MR) is 85.1 cm³/mol. The van der Waals surface area contributed by atoms with Gasteiger partial charge in [0.2, 0.25) is 16.8 Å². The van der Waals surface area contributed by atoms with Gasteiger partial charge < -0.3 is 15.2 Å². The summed E-state index contributed by atoms with van der Waals surface area (Å²) in [6, 6.07) is 3.29. The maximum absolute atomic E-state index is 12.9. The molecule has 22 heavy (non-hydrogen) atoms. The van der Waals surface area contributed by atoms with Crippen LogP contribution in [0.5, 0.6) is 11.5 Å². The Hall–Kier alpha value is -1.02. The lowest BCUT2D eigenvalue weighted by Crippen LogP contribution is -2.42. The number of nitrogens with two attached hydrogens (primary N) is 1. The number of aryl methyl sites for hydroxylation is 1. The molecule has 1 aromatic rings. The Morgan fingerprint density at radius 1 is 1.32 bits per heavy atom. The number of nitrogens with zero attached hydrogens (tertiary/aromatic N) is 1. The van der Waals surface area contributed by atoms with Gasteiger partial charge in [0.1, 0.15) is 0 Å². The topological polar surface area (TPSA) is 81.9 Å². The summed E-state index contributed by atoms with van der Waals surface area (Å²) >= 11 is 0. The molecule has 3 rings (SSSR count). The first-order valence-corrected chi connectivity index (χ1v) is 8.57. The summed E-state index contributed by atoms with van der Waals surface area (Å²) in [6.07, 6.45) is 1.84. The van der Waals surface area contributed by atoms with Gasteiger partial charge in [0.15, 0.2) is 11.5 Å². The van der Waals surface area contributed by atoms with Crippen molar-refractivity contribution in [2.24, 2.45) is 11.7 Å². The van der Waals surface area contributed by atoms with Crippen LogP contribution in [0.1, 0.15) is 18.4 Å². The van der Waals surface area contributed by atoms with Gasteiger partial charge in [0.25, 0.3) is 0 Å². The molecule has 6 nitrogen and oxygen atoms in total. The highest BCUT2D eigenvalue weighted by Gasteiger charge is 2.32. The van der Waals surface area contributed by atoms with Gasteiger partial charge in [-0.25, -0.2) is 8.42 Å². The van der Waals surface area contributed by atoms with E-state index in [-0.39, 0.29) is 25.1 Å².